The molecule has 0 aliphatic carbocycles. The summed E-state index contributed by atoms with van der Waals surface area (Å²) in [6, 6.07) is 7.86. The lowest BCUT2D eigenvalue weighted by molar-refractivity contribution is -0.122. The summed E-state index contributed by atoms with van der Waals surface area (Å²) in [6.45, 7) is 4.09. The molecule has 0 saturated heterocycles. The van der Waals surface area contributed by atoms with Crippen molar-refractivity contribution in [3.63, 3.8) is 0 Å². The van der Waals surface area contributed by atoms with Crippen LogP contribution in [0.2, 0.25) is 0 Å². The zero-order chi connectivity index (χ0) is 16.4. The van der Waals surface area contributed by atoms with Gasteiger partial charge in [-0.3, -0.25) is 4.79 Å². The van der Waals surface area contributed by atoms with Crippen molar-refractivity contribution in [2.45, 2.75) is 44.8 Å². The maximum Gasteiger partial charge on any atom is 0.220 e. The monoisotopic (exact) mass is 314 g/mol. The van der Waals surface area contributed by atoms with Crippen molar-refractivity contribution in [3.05, 3.63) is 42.0 Å². The Morgan fingerprint density at radius 1 is 1.43 bits per heavy atom. The van der Waals surface area contributed by atoms with Gasteiger partial charge in [0, 0.05) is 31.9 Å². The number of carbonyl (C=O) groups is 1. The molecule has 0 radical (unpaired) electrons. The minimum atomic E-state index is -0.296. The molecule has 1 amide bonds. The van der Waals surface area contributed by atoms with Crippen LogP contribution in [-0.4, -0.2) is 26.3 Å². The van der Waals surface area contributed by atoms with E-state index < -0.39 is 0 Å². The van der Waals surface area contributed by atoms with Crippen molar-refractivity contribution >= 4 is 5.91 Å². The number of aromatic nitrogens is 3. The number of nitrogens with zero attached hydrogens (tertiary/aromatic N) is 3. The predicted octanol–water partition coefficient (Wildman–Crippen LogP) is 2.17. The Bertz CT molecular complexity index is 708. The number of hydrogen-bond donors (Lipinski definition) is 1. The number of fused-ring (bicyclic) bond motifs is 1. The van der Waals surface area contributed by atoms with E-state index in [1.165, 1.54) is 0 Å². The highest BCUT2D eigenvalue weighted by Crippen LogP contribution is 2.39. The Morgan fingerprint density at radius 2 is 2.22 bits per heavy atom. The van der Waals surface area contributed by atoms with Gasteiger partial charge in [0.2, 0.25) is 5.91 Å². The maximum absolute atomic E-state index is 12.3. The lowest BCUT2D eigenvalue weighted by Crippen LogP contribution is -2.41. The third kappa shape index (κ3) is 3.52. The van der Waals surface area contributed by atoms with E-state index in [1.54, 1.807) is 6.33 Å². The molecule has 1 aliphatic heterocycles. The molecule has 0 fully saturated rings. The number of para-hydroxylation sites is 1. The van der Waals surface area contributed by atoms with Gasteiger partial charge in [-0.1, -0.05) is 18.2 Å². The lowest BCUT2D eigenvalue weighted by atomic mass is 9.89. The van der Waals surface area contributed by atoms with Crippen LogP contribution in [0.25, 0.3) is 0 Å². The van der Waals surface area contributed by atoms with Crippen LogP contribution in [0.5, 0.6) is 5.75 Å². The second-order valence-corrected chi connectivity index (χ2v) is 6.58. The van der Waals surface area contributed by atoms with Gasteiger partial charge in [0.25, 0.3) is 0 Å². The van der Waals surface area contributed by atoms with E-state index in [4.69, 9.17) is 4.74 Å². The summed E-state index contributed by atoms with van der Waals surface area (Å²) in [4.78, 5) is 12.3. The van der Waals surface area contributed by atoms with Gasteiger partial charge in [-0.2, -0.15) is 0 Å². The van der Waals surface area contributed by atoms with Crippen LogP contribution in [0, 0.1) is 0 Å². The Morgan fingerprint density at radius 3 is 2.96 bits per heavy atom. The van der Waals surface area contributed by atoms with E-state index >= 15 is 0 Å². The largest absolute Gasteiger partial charge is 0.487 e. The summed E-state index contributed by atoms with van der Waals surface area (Å²) in [6.07, 6.45) is 3.37. The van der Waals surface area contributed by atoms with Gasteiger partial charge in [0.1, 0.15) is 23.5 Å². The fourth-order valence-electron chi connectivity index (χ4n) is 2.96. The summed E-state index contributed by atoms with van der Waals surface area (Å²) in [7, 11) is 1.88. The molecular weight excluding hydrogens is 292 g/mol. The van der Waals surface area contributed by atoms with Crippen LogP contribution in [0.4, 0.5) is 0 Å². The second kappa shape index (κ2) is 6.02. The smallest absolute Gasteiger partial charge is 0.220 e. The molecule has 6 nitrogen and oxygen atoms in total. The molecule has 6 heteroatoms. The van der Waals surface area contributed by atoms with Gasteiger partial charge in [0.15, 0.2) is 0 Å². The molecule has 0 spiro atoms. The molecule has 1 unspecified atom stereocenters. The zero-order valence-corrected chi connectivity index (χ0v) is 13.7. The van der Waals surface area contributed by atoms with Crippen LogP contribution in [0.3, 0.4) is 0 Å². The summed E-state index contributed by atoms with van der Waals surface area (Å²) in [5, 5.41) is 11.0. The summed E-state index contributed by atoms with van der Waals surface area (Å²) in [5.74, 6) is 1.68. The molecule has 122 valence electrons. The first-order valence-electron chi connectivity index (χ1n) is 7.85. The Labute approximate surface area is 135 Å². The molecule has 0 bridgehead atoms. The van der Waals surface area contributed by atoms with Crippen molar-refractivity contribution in [2.24, 2.45) is 7.05 Å². The standard InChI is InChI=1S/C17H22N4O2/c1-17(2)10-13(12-6-4-5-7-14(12)23-17)19-16(22)9-8-15-20-18-11-21(15)3/h4-7,11,13H,8-10H2,1-3H3,(H,19,22). The highest BCUT2D eigenvalue weighted by molar-refractivity contribution is 5.76. The number of carbonyl (C=O) groups excluding carboxylic acids is 1. The average Bonchev–Trinajstić information content (AvgIpc) is 2.89. The molecule has 0 saturated carbocycles. The number of amides is 1. The van der Waals surface area contributed by atoms with E-state index in [-0.39, 0.29) is 17.6 Å². The molecule has 1 aliphatic rings. The number of aryl methyl sites for hydroxylation is 2. The first kappa shape index (κ1) is 15.5. The number of ether oxygens (including phenoxy) is 1. The van der Waals surface area contributed by atoms with Crippen molar-refractivity contribution in [3.8, 4) is 5.75 Å². The zero-order valence-electron chi connectivity index (χ0n) is 13.7. The van der Waals surface area contributed by atoms with E-state index in [1.807, 2.05) is 49.7 Å². The summed E-state index contributed by atoms with van der Waals surface area (Å²) >= 11 is 0. The highest BCUT2D eigenvalue weighted by Gasteiger charge is 2.34. The minimum absolute atomic E-state index is 0.0190. The molecule has 2 aromatic rings. The summed E-state index contributed by atoms with van der Waals surface area (Å²) in [5.41, 5.74) is 0.745. The predicted molar refractivity (Wildman–Crippen MR) is 86.0 cm³/mol. The van der Waals surface area contributed by atoms with Crippen molar-refractivity contribution < 1.29 is 9.53 Å². The molecule has 1 aromatic carbocycles. The minimum Gasteiger partial charge on any atom is -0.487 e. The van der Waals surface area contributed by atoms with Crippen LogP contribution in [-0.2, 0) is 18.3 Å². The molecule has 23 heavy (non-hydrogen) atoms. The molecule has 1 atom stereocenters. The maximum atomic E-state index is 12.3. The van der Waals surface area contributed by atoms with Crippen LogP contribution in [0.1, 0.15) is 44.1 Å². The van der Waals surface area contributed by atoms with Gasteiger partial charge in [0.05, 0.1) is 6.04 Å². The molecule has 1 N–H and O–H groups in total. The fourth-order valence-corrected chi connectivity index (χ4v) is 2.96. The van der Waals surface area contributed by atoms with E-state index in [0.717, 1.165) is 23.6 Å². The lowest BCUT2D eigenvalue weighted by Gasteiger charge is -2.37. The van der Waals surface area contributed by atoms with Crippen LogP contribution < -0.4 is 10.1 Å². The molecular formula is C17H22N4O2. The summed E-state index contributed by atoms with van der Waals surface area (Å²) < 4.78 is 7.83. The van der Waals surface area contributed by atoms with Gasteiger partial charge < -0.3 is 14.6 Å². The van der Waals surface area contributed by atoms with E-state index in [2.05, 4.69) is 15.5 Å². The van der Waals surface area contributed by atoms with Crippen molar-refractivity contribution in [2.75, 3.05) is 0 Å². The van der Waals surface area contributed by atoms with Gasteiger partial charge >= 0.3 is 0 Å². The van der Waals surface area contributed by atoms with Gasteiger partial charge in [-0.05, 0) is 19.9 Å². The molecule has 1 aromatic heterocycles. The number of hydrogen-bond acceptors (Lipinski definition) is 4. The first-order chi connectivity index (χ1) is 10.9. The second-order valence-electron chi connectivity index (χ2n) is 6.58. The average molecular weight is 314 g/mol. The first-order valence-corrected chi connectivity index (χ1v) is 7.85. The highest BCUT2D eigenvalue weighted by atomic mass is 16.5. The normalized spacial score (nSPS) is 18.8. The Balaban J connectivity index is 1.67. The third-order valence-corrected chi connectivity index (χ3v) is 4.09. The number of benzene rings is 1. The molecule has 2 heterocycles. The van der Waals surface area contributed by atoms with Crippen molar-refractivity contribution in [1.82, 2.24) is 20.1 Å². The van der Waals surface area contributed by atoms with Gasteiger partial charge in [-0.15, -0.1) is 10.2 Å². The third-order valence-electron chi connectivity index (χ3n) is 4.09. The number of nitrogens with one attached hydrogen (secondary N) is 1. The molecule has 3 rings (SSSR count). The van der Waals surface area contributed by atoms with Crippen LogP contribution >= 0.6 is 0 Å². The Hall–Kier alpha value is -2.37. The quantitative estimate of drug-likeness (QED) is 0.939. The SMILES string of the molecule is Cn1cnnc1CCC(=O)NC1CC(C)(C)Oc2ccccc21. The van der Waals surface area contributed by atoms with E-state index in [9.17, 15) is 4.79 Å². The Kier molecular flexibility index (Phi) is 4.07. The van der Waals surface area contributed by atoms with E-state index in [0.29, 0.717) is 12.8 Å². The topological polar surface area (TPSA) is 69.0 Å². The fraction of sp³-hybridized carbons (Fsp3) is 0.471. The number of rotatable bonds is 4. The van der Waals surface area contributed by atoms with Crippen LogP contribution in [0.15, 0.2) is 30.6 Å². The van der Waals surface area contributed by atoms with Crippen molar-refractivity contribution in [1.29, 1.82) is 0 Å². The van der Waals surface area contributed by atoms with Gasteiger partial charge in [-0.25, -0.2) is 0 Å².